The largest absolute Gasteiger partial charge is 0.309 e. The van der Waals surface area contributed by atoms with Gasteiger partial charge in [-0.3, -0.25) is 0 Å². The van der Waals surface area contributed by atoms with Crippen LogP contribution in [0, 0.1) is 18.8 Å². The number of aryl methyl sites for hydroxylation is 1. The smallest absolute Gasteiger partial charge is 0.0438 e. The molecule has 0 atom stereocenters. The van der Waals surface area contributed by atoms with Crippen LogP contribution in [0.15, 0.2) is 18.2 Å². The predicted molar refractivity (Wildman–Crippen MR) is 72.3 cm³/mol. The first-order valence-corrected chi connectivity index (χ1v) is 7.10. The average Bonchev–Trinajstić information content (AvgIpc) is 3.14. The van der Waals surface area contributed by atoms with E-state index in [9.17, 15) is 0 Å². The summed E-state index contributed by atoms with van der Waals surface area (Å²) in [5, 5.41) is 4.64. The maximum absolute atomic E-state index is 6.15. The van der Waals surface area contributed by atoms with Gasteiger partial charge in [-0.05, 0) is 61.6 Å². The van der Waals surface area contributed by atoms with E-state index in [4.69, 9.17) is 11.6 Å². The molecule has 0 radical (unpaired) electrons. The molecule has 2 aliphatic rings. The van der Waals surface area contributed by atoms with Crippen LogP contribution in [0.1, 0.15) is 36.8 Å². The van der Waals surface area contributed by atoms with E-state index in [-0.39, 0.29) is 0 Å². The molecule has 2 saturated carbocycles. The number of hydrogen-bond acceptors (Lipinski definition) is 1. The average molecular weight is 250 g/mol. The van der Waals surface area contributed by atoms with Crippen molar-refractivity contribution in [3.8, 4) is 0 Å². The van der Waals surface area contributed by atoms with Crippen molar-refractivity contribution in [1.29, 1.82) is 0 Å². The summed E-state index contributed by atoms with van der Waals surface area (Å²) in [5.74, 6) is 1.92. The van der Waals surface area contributed by atoms with Gasteiger partial charge < -0.3 is 5.32 Å². The van der Waals surface area contributed by atoms with Crippen LogP contribution < -0.4 is 5.32 Å². The highest BCUT2D eigenvalue weighted by Gasteiger charge is 2.40. The van der Waals surface area contributed by atoms with Gasteiger partial charge in [0.05, 0.1) is 0 Å². The number of halogens is 1. The fraction of sp³-hybridized carbons (Fsp3) is 0.600. The lowest BCUT2D eigenvalue weighted by atomic mass is 10.1. The molecule has 0 saturated heterocycles. The third-order valence-corrected chi connectivity index (χ3v) is 4.45. The summed E-state index contributed by atoms with van der Waals surface area (Å²) >= 11 is 6.15. The lowest BCUT2D eigenvalue weighted by Crippen LogP contribution is -2.32. The molecule has 3 rings (SSSR count). The molecule has 92 valence electrons. The molecule has 0 bridgehead atoms. The molecule has 0 unspecified atom stereocenters. The zero-order valence-corrected chi connectivity index (χ0v) is 11.1. The standard InChI is InChI=1S/C15H20ClN/c1-10-2-3-11(8-14(10)16)9-17-15(12-4-5-12)13-6-7-13/h2-3,8,12-13,15,17H,4-7,9H2,1H3. The molecule has 0 aromatic heterocycles. The van der Waals surface area contributed by atoms with Crippen molar-refractivity contribution in [2.45, 2.75) is 45.2 Å². The van der Waals surface area contributed by atoms with Crippen molar-refractivity contribution >= 4 is 11.6 Å². The Hall–Kier alpha value is -0.530. The first-order chi connectivity index (χ1) is 8.24. The maximum Gasteiger partial charge on any atom is 0.0438 e. The molecule has 1 N–H and O–H groups in total. The Balaban J connectivity index is 1.60. The molecule has 0 aliphatic heterocycles. The Bertz CT molecular complexity index is 395. The third-order valence-electron chi connectivity index (χ3n) is 4.04. The van der Waals surface area contributed by atoms with Crippen LogP contribution >= 0.6 is 11.6 Å². The highest BCUT2D eigenvalue weighted by atomic mass is 35.5. The van der Waals surface area contributed by atoms with Crippen molar-refractivity contribution in [2.24, 2.45) is 11.8 Å². The Morgan fingerprint density at radius 2 is 1.88 bits per heavy atom. The Morgan fingerprint density at radius 1 is 1.24 bits per heavy atom. The number of rotatable bonds is 5. The zero-order chi connectivity index (χ0) is 11.8. The Labute approximate surface area is 109 Å². The molecule has 1 nitrogen and oxygen atoms in total. The molecule has 0 amide bonds. The quantitative estimate of drug-likeness (QED) is 0.834. The normalized spacial score (nSPS) is 19.9. The predicted octanol–water partition coefficient (Wildman–Crippen LogP) is 3.93. The van der Waals surface area contributed by atoms with Gasteiger partial charge in [0.15, 0.2) is 0 Å². The van der Waals surface area contributed by atoms with Gasteiger partial charge in [-0.15, -0.1) is 0 Å². The van der Waals surface area contributed by atoms with Crippen LogP contribution in [-0.2, 0) is 6.54 Å². The highest BCUT2D eigenvalue weighted by Crippen LogP contribution is 2.44. The van der Waals surface area contributed by atoms with Gasteiger partial charge in [0.1, 0.15) is 0 Å². The van der Waals surface area contributed by atoms with Gasteiger partial charge in [-0.25, -0.2) is 0 Å². The molecule has 1 aromatic rings. The summed E-state index contributed by atoms with van der Waals surface area (Å²) in [6, 6.07) is 7.17. The van der Waals surface area contributed by atoms with Gasteiger partial charge in [-0.2, -0.15) is 0 Å². The monoisotopic (exact) mass is 249 g/mol. The fourth-order valence-electron chi connectivity index (χ4n) is 2.61. The maximum atomic E-state index is 6.15. The van der Waals surface area contributed by atoms with E-state index < -0.39 is 0 Å². The van der Waals surface area contributed by atoms with E-state index >= 15 is 0 Å². The van der Waals surface area contributed by atoms with Crippen molar-refractivity contribution < 1.29 is 0 Å². The first-order valence-electron chi connectivity index (χ1n) is 6.72. The minimum Gasteiger partial charge on any atom is -0.309 e. The van der Waals surface area contributed by atoms with Gasteiger partial charge >= 0.3 is 0 Å². The molecule has 0 spiro atoms. The molecule has 0 heterocycles. The molecule has 2 aliphatic carbocycles. The topological polar surface area (TPSA) is 12.0 Å². The SMILES string of the molecule is Cc1ccc(CNC(C2CC2)C2CC2)cc1Cl. The Kier molecular flexibility index (Phi) is 3.14. The summed E-state index contributed by atoms with van der Waals surface area (Å²) in [6.45, 7) is 3.02. The summed E-state index contributed by atoms with van der Waals surface area (Å²) in [4.78, 5) is 0. The second-order valence-corrected chi connectivity index (χ2v) is 6.07. The van der Waals surface area contributed by atoms with Crippen LogP contribution in [0.5, 0.6) is 0 Å². The summed E-state index contributed by atoms with van der Waals surface area (Å²) in [5.41, 5.74) is 2.48. The minimum absolute atomic E-state index is 0.773. The lowest BCUT2D eigenvalue weighted by molar-refractivity contribution is 0.416. The van der Waals surface area contributed by atoms with E-state index in [0.717, 1.165) is 35.0 Å². The van der Waals surface area contributed by atoms with Crippen LogP contribution in [0.3, 0.4) is 0 Å². The van der Waals surface area contributed by atoms with Gasteiger partial charge in [0, 0.05) is 17.6 Å². The molecule has 17 heavy (non-hydrogen) atoms. The Morgan fingerprint density at radius 3 is 2.41 bits per heavy atom. The van der Waals surface area contributed by atoms with Crippen molar-refractivity contribution in [1.82, 2.24) is 5.32 Å². The highest BCUT2D eigenvalue weighted by molar-refractivity contribution is 6.31. The number of benzene rings is 1. The van der Waals surface area contributed by atoms with E-state index in [1.165, 1.54) is 31.2 Å². The van der Waals surface area contributed by atoms with Crippen molar-refractivity contribution in [3.05, 3.63) is 34.3 Å². The second kappa shape index (κ2) is 4.62. The van der Waals surface area contributed by atoms with E-state index in [1.54, 1.807) is 0 Å². The lowest BCUT2D eigenvalue weighted by Gasteiger charge is -2.17. The molecule has 2 heteroatoms. The number of nitrogens with one attached hydrogen (secondary N) is 1. The van der Waals surface area contributed by atoms with E-state index in [2.05, 4.69) is 30.4 Å². The van der Waals surface area contributed by atoms with Crippen molar-refractivity contribution in [3.63, 3.8) is 0 Å². The van der Waals surface area contributed by atoms with Crippen LogP contribution in [0.2, 0.25) is 5.02 Å². The molecular weight excluding hydrogens is 230 g/mol. The van der Waals surface area contributed by atoms with E-state index in [0.29, 0.717) is 0 Å². The van der Waals surface area contributed by atoms with E-state index in [1.807, 2.05) is 0 Å². The van der Waals surface area contributed by atoms with Gasteiger partial charge in [0.2, 0.25) is 0 Å². The minimum atomic E-state index is 0.773. The van der Waals surface area contributed by atoms with Crippen molar-refractivity contribution in [2.75, 3.05) is 0 Å². The second-order valence-electron chi connectivity index (χ2n) is 5.67. The molecular formula is C15H20ClN. The van der Waals surface area contributed by atoms with Crippen LogP contribution in [0.4, 0.5) is 0 Å². The van der Waals surface area contributed by atoms with Gasteiger partial charge in [0.25, 0.3) is 0 Å². The zero-order valence-electron chi connectivity index (χ0n) is 10.4. The summed E-state index contributed by atoms with van der Waals surface area (Å²) in [6.07, 6.45) is 5.73. The summed E-state index contributed by atoms with van der Waals surface area (Å²) < 4.78 is 0. The number of hydrogen-bond donors (Lipinski definition) is 1. The molecule has 2 fully saturated rings. The first kappa shape index (κ1) is 11.6. The third kappa shape index (κ3) is 2.83. The van der Waals surface area contributed by atoms with Crippen LogP contribution in [-0.4, -0.2) is 6.04 Å². The fourth-order valence-corrected chi connectivity index (χ4v) is 2.81. The van der Waals surface area contributed by atoms with Gasteiger partial charge in [-0.1, -0.05) is 23.7 Å². The molecule has 1 aromatic carbocycles. The summed E-state index contributed by atoms with van der Waals surface area (Å²) in [7, 11) is 0. The van der Waals surface area contributed by atoms with Crippen LogP contribution in [0.25, 0.3) is 0 Å².